The Bertz CT molecular complexity index is 865. The summed E-state index contributed by atoms with van der Waals surface area (Å²) in [5.74, 6) is 0.492. The molecule has 0 saturated carbocycles. The number of nitrogens with zero attached hydrogens (tertiary/aromatic N) is 1. The highest BCUT2D eigenvalue weighted by molar-refractivity contribution is 7.87. The Morgan fingerprint density at radius 3 is 2.36 bits per heavy atom. The number of carbonyl (C=O) groups is 1. The van der Waals surface area contributed by atoms with Crippen LogP contribution in [0.4, 0.5) is 10.5 Å². The molecule has 1 aliphatic rings. The van der Waals surface area contributed by atoms with Crippen LogP contribution in [0.2, 0.25) is 0 Å². The summed E-state index contributed by atoms with van der Waals surface area (Å²) in [6.07, 6.45) is 0. The van der Waals surface area contributed by atoms with Crippen molar-refractivity contribution in [2.24, 2.45) is 0 Å². The van der Waals surface area contributed by atoms with Gasteiger partial charge in [-0.15, -0.1) is 0 Å². The van der Waals surface area contributed by atoms with Crippen molar-refractivity contribution in [3.63, 3.8) is 0 Å². The van der Waals surface area contributed by atoms with E-state index < -0.39 is 10.1 Å². The van der Waals surface area contributed by atoms with Crippen molar-refractivity contribution in [1.29, 1.82) is 0 Å². The normalized spacial score (nSPS) is 14.3. The second-order valence-electron chi connectivity index (χ2n) is 5.29. The van der Waals surface area contributed by atoms with E-state index in [0.717, 1.165) is 0 Å². The van der Waals surface area contributed by atoms with Crippen molar-refractivity contribution < 1.29 is 22.1 Å². The molecule has 1 N–H and O–H groups in total. The summed E-state index contributed by atoms with van der Waals surface area (Å²) < 4.78 is 35.6. The first-order valence-electron chi connectivity index (χ1n) is 7.83. The fourth-order valence-electron chi connectivity index (χ4n) is 2.47. The number of ether oxygens (including phenoxy) is 1. The molecule has 0 atom stereocenters. The molecule has 1 aliphatic heterocycles. The van der Waals surface area contributed by atoms with E-state index >= 15 is 0 Å². The molecule has 3 rings (SSSR count). The van der Waals surface area contributed by atoms with Gasteiger partial charge in [-0.1, -0.05) is 12.1 Å². The van der Waals surface area contributed by atoms with Crippen LogP contribution in [0.1, 0.15) is 6.92 Å². The fourth-order valence-corrected chi connectivity index (χ4v) is 3.41. The first-order chi connectivity index (χ1) is 12.0. The summed E-state index contributed by atoms with van der Waals surface area (Å²) in [5, 5.41) is 2.69. The van der Waals surface area contributed by atoms with Crippen LogP contribution >= 0.6 is 0 Å². The number of carbonyl (C=O) groups excluding carboxylic acids is 1. The van der Waals surface area contributed by atoms with E-state index in [9.17, 15) is 13.2 Å². The standard InChI is InChI=1S/C17H18N2O5S/c1-2-23-15-5-3-4-6-16(15)24-25(21,22)14-9-7-13(8-10-14)19-12-11-18-17(19)20/h3-10H,2,11-12H2,1H3,(H,18,20). The van der Waals surface area contributed by atoms with Gasteiger partial charge in [-0.25, -0.2) is 4.79 Å². The van der Waals surface area contributed by atoms with Crippen molar-refractivity contribution in [3.8, 4) is 11.5 Å². The Hall–Kier alpha value is -2.74. The molecular formula is C17H18N2O5S. The molecule has 0 aliphatic carbocycles. The number of urea groups is 1. The van der Waals surface area contributed by atoms with Gasteiger partial charge in [0.25, 0.3) is 0 Å². The number of para-hydroxylation sites is 2. The van der Waals surface area contributed by atoms with E-state index in [1.807, 2.05) is 0 Å². The van der Waals surface area contributed by atoms with Gasteiger partial charge < -0.3 is 14.2 Å². The number of nitrogens with one attached hydrogen (secondary N) is 1. The Balaban J connectivity index is 1.82. The zero-order chi connectivity index (χ0) is 17.9. The number of anilines is 1. The molecule has 1 saturated heterocycles. The van der Waals surface area contributed by atoms with E-state index in [-0.39, 0.29) is 16.7 Å². The highest BCUT2D eigenvalue weighted by Gasteiger charge is 2.23. The second-order valence-corrected chi connectivity index (χ2v) is 6.84. The second kappa shape index (κ2) is 7.02. The lowest BCUT2D eigenvalue weighted by atomic mass is 10.3. The summed E-state index contributed by atoms with van der Waals surface area (Å²) >= 11 is 0. The molecule has 25 heavy (non-hydrogen) atoms. The maximum absolute atomic E-state index is 12.5. The van der Waals surface area contributed by atoms with Gasteiger partial charge in [0.15, 0.2) is 11.5 Å². The van der Waals surface area contributed by atoms with Crippen LogP contribution in [0, 0.1) is 0 Å². The zero-order valence-corrected chi connectivity index (χ0v) is 14.5. The third kappa shape index (κ3) is 3.69. The zero-order valence-electron chi connectivity index (χ0n) is 13.6. The molecule has 1 fully saturated rings. The molecule has 0 bridgehead atoms. The number of amides is 2. The summed E-state index contributed by atoms with van der Waals surface area (Å²) in [7, 11) is -4.01. The first-order valence-corrected chi connectivity index (χ1v) is 9.24. The van der Waals surface area contributed by atoms with E-state index in [0.29, 0.717) is 31.1 Å². The van der Waals surface area contributed by atoms with Crippen LogP contribution < -0.4 is 19.1 Å². The molecule has 8 heteroatoms. The monoisotopic (exact) mass is 362 g/mol. The summed E-state index contributed by atoms with van der Waals surface area (Å²) in [6.45, 7) is 3.31. The van der Waals surface area contributed by atoms with Gasteiger partial charge in [0, 0.05) is 18.8 Å². The minimum atomic E-state index is -4.01. The Kier molecular flexibility index (Phi) is 4.80. The molecule has 132 valence electrons. The lowest BCUT2D eigenvalue weighted by molar-refractivity contribution is 0.252. The SMILES string of the molecule is CCOc1ccccc1OS(=O)(=O)c1ccc(N2CCNC2=O)cc1. The summed E-state index contributed by atoms with van der Waals surface area (Å²) in [6, 6.07) is 12.4. The number of benzene rings is 2. The number of hydrogen-bond donors (Lipinski definition) is 1. The third-order valence-corrected chi connectivity index (χ3v) is 4.89. The molecule has 7 nitrogen and oxygen atoms in total. The van der Waals surface area contributed by atoms with Gasteiger partial charge in [-0.05, 0) is 43.3 Å². The lowest BCUT2D eigenvalue weighted by Crippen LogP contribution is -2.27. The van der Waals surface area contributed by atoms with Crippen molar-refractivity contribution in [1.82, 2.24) is 5.32 Å². The van der Waals surface area contributed by atoms with Crippen LogP contribution in [0.25, 0.3) is 0 Å². The molecule has 0 unspecified atom stereocenters. The van der Waals surface area contributed by atoms with Gasteiger partial charge in [0.1, 0.15) is 4.90 Å². The molecule has 0 spiro atoms. The van der Waals surface area contributed by atoms with Crippen LogP contribution in [0.15, 0.2) is 53.4 Å². The van der Waals surface area contributed by atoms with Gasteiger partial charge in [-0.2, -0.15) is 8.42 Å². The maximum atomic E-state index is 12.5. The van der Waals surface area contributed by atoms with Crippen molar-refractivity contribution >= 4 is 21.8 Å². The molecule has 0 aromatic heterocycles. The van der Waals surface area contributed by atoms with Gasteiger partial charge in [0.2, 0.25) is 0 Å². The number of rotatable bonds is 6. The highest BCUT2D eigenvalue weighted by atomic mass is 32.2. The van der Waals surface area contributed by atoms with E-state index in [1.165, 1.54) is 18.2 Å². The van der Waals surface area contributed by atoms with Gasteiger partial charge >= 0.3 is 16.1 Å². The molecular weight excluding hydrogens is 344 g/mol. The third-order valence-electron chi connectivity index (χ3n) is 3.64. The van der Waals surface area contributed by atoms with Crippen LogP contribution in [-0.4, -0.2) is 34.1 Å². The van der Waals surface area contributed by atoms with E-state index in [1.54, 1.807) is 42.2 Å². The van der Waals surface area contributed by atoms with Crippen LogP contribution in [0.3, 0.4) is 0 Å². The average Bonchev–Trinajstić information content (AvgIpc) is 3.03. The predicted molar refractivity (Wildman–Crippen MR) is 92.6 cm³/mol. The fraction of sp³-hybridized carbons (Fsp3) is 0.235. The van der Waals surface area contributed by atoms with Crippen LogP contribution in [-0.2, 0) is 10.1 Å². The van der Waals surface area contributed by atoms with Gasteiger partial charge in [-0.3, -0.25) is 4.90 Å². The molecule has 2 aromatic carbocycles. The minimum absolute atomic E-state index is 0.00200. The highest BCUT2D eigenvalue weighted by Crippen LogP contribution is 2.30. The first kappa shape index (κ1) is 17.1. The molecule has 1 heterocycles. The minimum Gasteiger partial charge on any atom is -0.490 e. The quantitative estimate of drug-likeness (QED) is 0.798. The van der Waals surface area contributed by atoms with Crippen LogP contribution in [0.5, 0.6) is 11.5 Å². The smallest absolute Gasteiger partial charge is 0.339 e. The van der Waals surface area contributed by atoms with Crippen molar-refractivity contribution in [2.75, 3.05) is 24.6 Å². The molecule has 0 radical (unpaired) electrons. The number of hydrogen-bond acceptors (Lipinski definition) is 5. The predicted octanol–water partition coefficient (Wildman–Crippen LogP) is 2.38. The largest absolute Gasteiger partial charge is 0.490 e. The molecule has 2 amide bonds. The topological polar surface area (TPSA) is 84.9 Å². The maximum Gasteiger partial charge on any atom is 0.339 e. The average molecular weight is 362 g/mol. The van der Waals surface area contributed by atoms with E-state index in [2.05, 4.69) is 5.32 Å². The summed E-state index contributed by atoms with van der Waals surface area (Å²) in [4.78, 5) is 13.2. The molecule has 2 aromatic rings. The van der Waals surface area contributed by atoms with Gasteiger partial charge in [0.05, 0.1) is 6.61 Å². The van der Waals surface area contributed by atoms with Crippen molar-refractivity contribution in [3.05, 3.63) is 48.5 Å². The Morgan fingerprint density at radius 2 is 1.76 bits per heavy atom. The van der Waals surface area contributed by atoms with E-state index in [4.69, 9.17) is 8.92 Å². The summed E-state index contributed by atoms with van der Waals surface area (Å²) in [5.41, 5.74) is 0.628. The Morgan fingerprint density at radius 1 is 1.08 bits per heavy atom. The Labute approximate surface area is 146 Å². The lowest BCUT2D eigenvalue weighted by Gasteiger charge is -2.15. The van der Waals surface area contributed by atoms with Crippen molar-refractivity contribution in [2.45, 2.75) is 11.8 Å².